The Hall–Kier alpha value is -4.00. The summed E-state index contributed by atoms with van der Waals surface area (Å²) in [5.41, 5.74) is 3.92. The maximum Gasteiger partial charge on any atom is 0.256 e. The van der Waals surface area contributed by atoms with E-state index in [1.165, 1.54) is 24.6 Å². The van der Waals surface area contributed by atoms with Crippen LogP contribution < -0.4 is 10.2 Å². The molecule has 150 valence electrons. The molecule has 1 amide bonds. The molecule has 4 aromatic rings. The van der Waals surface area contributed by atoms with E-state index in [1.807, 2.05) is 31.1 Å². The molecule has 2 heterocycles. The van der Waals surface area contributed by atoms with Crippen LogP contribution in [0.1, 0.15) is 10.4 Å². The lowest BCUT2D eigenvalue weighted by Gasteiger charge is -2.14. The molecular formula is C23H19FN4O2. The minimum Gasteiger partial charge on any atom is -0.472 e. The standard InChI is InChI=1S/C23H19FN4O2/c1-28(2)19-5-3-4-16(12-19)23(29)27-20-13-25-21(15-6-8-18(24)9-7-15)22(26-20)17-10-11-30-14-17/h3-14H,1-2H3,(H,26,27,29). The molecule has 0 aliphatic heterocycles. The molecular weight excluding hydrogens is 383 g/mol. The summed E-state index contributed by atoms with van der Waals surface area (Å²) in [6.45, 7) is 0. The first-order valence-corrected chi connectivity index (χ1v) is 9.25. The number of hydrogen-bond donors (Lipinski definition) is 1. The van der Waals surface area contributed by atoms with E-state index >= 15 is 0 Å². The van der Waals surface area contributed by atoms with E-state index in [9.17, 15) is 9.18 Å². The van der Waals surface area contributed by atoms with E-state index in [0.29, 0.717) is 33.9 Å². The van der Waals surface area contributed by atoms with E-state index in [1.54, 1.807) is 36.6 Å². The van der Waals surface area contributed by atoms with E-state index in [4.69, 9.17) is 4.42 Å². The molecule has 2 aromatic carbocycles. The Balaban J connectivity index is 1.68. The van der Waals surface area contributed by atoms with E-state index in [2.05, 4.69) is 15.3 Å². The second kappa shape index (κ2) is 8.16. The van der Waals surface area contributed by atoms with Gasteiger partial charge in [0.2, 0.25) is 0 Å². The van der Waals surface area contributed by atoms with Gasteiger partial charge in [-0.3, -0.25) is 9.78 Å². The molecule has 0 saturated heterocycles. The van der Waals surface area contributed by atoms with Crippen molar-refractivity contribution in [3.8, 4) is 22.5 Å². The van der Waals surface area contributed by atoms with Crippen molar-refractivity contribution in [2.24, 2.45) is 0 Å². The Morgan fingerprint density at radius 3 is 2.53 bits per heavy atom. The molecule has 1 N–H and O–H groups in total. The Morgan fingerprint density at radius 2 is 1.83 bits per heavy atom. The third-order valence-corrected chi connectivity index (χ3v) is 4.55. The molecule has 0 radical (unpaired) electrons. The van der Waals surface area contributed by atoms with Gasteiger partial charge in [-0.15, -0.1) is 0 Å². The lowest BCUT2D eigenvalue weighted by Crippen LogP contribution is -2.15. The van der Waals surface area contributed by atoms with E-state index in [0.717, 1.165) is 5.69 Å². The van der Waals surface area contributed by atoms with Crippen molar-refractivity contribution in [1.82, 2.24) is 9.97 Å². The van der Waals surface area contributed by atoms with Gasteiger partial charge in [0, 0.05) is 36.5 Å². The zero-order valence-electron chi connectivity index (χ0n) is 16.5. The van der Waals surface area contributed by atoms with Crippen molar-refractivity contribution in [3.05, 3.63) is 84.7 Å². The summed E-state index contributed by atoms with van der Waals surface area (Å²) in [6.07, 6.45) is 4.56. The number of carbonyl (C=O) groups excluding carboxylic acids is 1. The van der Waals surface area contributed by atoms with Crippen molar-refractivity contribution in [1.29, 1.82) is 0 Å². The first-order chi connectivity index (χ1) is 14.5. The van der Waals surface area contributed by atoms with Crippen molar-refractivity contribution >= 4 is 17.4 Å². The van der Waals surface area contributed by atoms with Crippen LogP contribution in [0.15, 0.2) is 77.7 Å². The SMILES string of the molecule is CN(C)c1cccc(C(=O)Nc2cnc(-c3ccc(F)cc3)c(-c3ccoc3)n2)c1. The molecule has 7 heteroatoms. The second-order valence-electron chi connectivity index (χ2n) is 6.87. The van der Waals surface area contributed by atoms with E-state index < -0.39 is 0 Å². The number of amides is 1. The zero-order chi connectivity index (χ0) is 21.1. The van der Waals surface area contributed by atoms with Crippen LogP contribution in [-0.4, -0.2) is 30.0 Å². The number of hydrogen-bond acceptors (Lipinski definition) is 5. The largest absolute Gasteiger partial charge is 0.472 e. The number of nitrogens with zero attached hydrogens (tertiary/aromatic N) is 3. The van der Waals surface area contributed by atoms with Crippen LogP contribution >= 0.6 is 0 Å². The highest BCUT2D eigenvalue weighted by molar-refractivity contribution is 6.04. The van der Waals surface area contributed by atoms with Gasteiger partial charge in [-0.25, -0.2) is 9.37 Å². The average molecular weight is 402 g/mol. The summed E-state index contributed by atoms with van der Waals surface area (Å²) in [7, 11) is 3.82. The van der Waals surface area contributed by atoms with Crippen LogP contribution in [0.5, 0.6) is 0 Å². The third kappa shape index (κ3) is 4.05. The molecule has 0 aliphatic rings. The summed E-state index contributed by atoms with van der Waals surface area (Å²) >= 11 is 0. The predicted molar refractivity (Wildman–Crippen MR) is 114 cm³/mol. The topological polar surface area (TPSA) is 71.3 Å². The van der Waals surface area contributed by atoms with Gasteiger partial charge in [0.1, 0.15) is 11.5 Å². The van der Waals surface area contributed by atoms with Gasteiger partial charge >= 0.3 is 0 Å². The fourth-order valence-corrected chi connectivity index (χ4v) is 2.98. The second-order valence-corrected chi connectivity index (χ2v) is 6.87. The van der Waals surface area contributed by atoms with Gasteiger partial charge in [-0.2, -0.15) is 0 Å². The number of halogens is 1. The fraction of sp³-hybridized carbons (Fsp3) is 0.0870. The highest BCUT2D eigenvalue weighted by Gasteiger charge is 2.15. The zero-order valence-corrected chi connectivity index (χ0v) is 16.5. The van der Waals surface area contributed by atoms with Crippen LogP contribution in [0.3, 0.4) is 0 Å². The molecule has 0 atom stereocenters. The van der Waals surface area contributed by atoms with Gasteiger partial charge in [-0.1, -0.05) is 6.07 Å². The smallest absolute Gasteiger partial charge is 0.256 e. The fourth-order valence-electron chi connectivity index (χ4n) is 2.98. The molecule has 4 rings (SSSR count). The average Bonchev–Trinajstić information content (AvgIpc) is 3.29. The number of benzene rings is 2. The normalized spacial score (nSPS) is 10.6. The van der Waals surface area contributed by atoms with Gasteiger partial charge in [0.25, 0.3) is 5.91 Å². The Morgan fingerprint density at radius 1 is 1.03 bits per heavy atom. The molecule has 0 bridgehead atoms. The Labute approximate surface area is 173 Å². The summed E-state index contributed by atoms with van der Waals surface area (Å²) in [4.78, 5) is 23.7. The number of nitrogens with one attached hydrogen (secondary N) is 1. The Kier molecular flexibility index (Phi) is 5.26. The van der Waals surface area contributed by atoms with Crippen molar-refractivity contribution in [2.45, 2.75) is 0 Å². The van der Waals surface area contributed by atoms with Crippen molar-refractivity contribution in [2.75, 3.05) is 24.3 Å². The van der Waals surface area contributed by atoms with Gasteiger partial charge < -0.3 is 14.6 Å². The van der Waals surface area contributed by atoms with Crippen LogP contribution in [0.2, 0.25) is 0 Å². The molecule has 0 spiro atoms. The van der Waals surface area contributed by atoms with Gasteiger partial charge in [-0.05, 0) is 48.5 Å². The summed E-state index contributed by atoms with van der Waals surface area (Å²) < 4.78 is 18.5. The van der Waals surface area contributed by atoms with Crippen LogP contribution in [0, 0.1) is 5.82 Å². The highest BCUT2D eigenvalue weighted by atomic mass is 19.1. The summed E-state index contributed by atoms with van der Waals surface area (Å²) in [5.74, 6) is -0.321. The quantitative estimate of drug-likeness (QED) is 0.516. The molecule has 0 unspecified atom stereocenters. The number of furan rings is 1. The first kappa shape index (κ1) is 19.3. The Bertz CT molecular complexity index is 1170. The lowest BCUT2D eigenvalue weighted by molar-refractivity contribution is 0.102. The van der Waals surface area contributed by atoms with Gasteiger partial charge in [0.15, 0.2) is 5.82 Å². The maximum absolute atomic E-state index is 13.3. The van der Waals surface area contributed by atoms with E-state index in [-0.39, 0.29) is 11.7 Å². The molecule has 2 aromatic heterocycles. The lowest BCUT2D eigenvalue weighted by atomic mass is 10.1. The molecule has 0 fully saturated rings. The number of aromatic nitrogens is 2. The predicted octanol–water partition coefficient (Wildman–Crippen LogP) is 4.86. The number of rotatable bonds is 5. The molecule has 6 nitrogen and oxygen atoms in total. The minimum absolute atomic E-state index is 0.291. The number of carbonyl (C=O) groups is 1. The van der Waals surface area contributed by atoms with Crippen LogP contribution in [0.4, 0.5) is 15.9 Å². The minimum atomic E-state index is -0.333. The van der Waals surface area contributed by atoms with Crippen LogP contribution in [-0.2, 0) is 0 Å². The number of anilines is 2. The molecule has 0 aliphatic carbocycles. The molecule has 30 heavy (non-hydrogen) atoms. The first-order valence-electron chi connectivity index (χ1n) is 9.25. The maximum atomic E-state index is 13.3. The summed E-state index contributed by atoms with van der Waals surface area (Å²) in [6, 6.07) is 15.0. The summed E-state index contributed by atoms with van der Waals surface area (Å²) in [5, 5.41) is 2.79. The van der Waals surface area contributed by atoms with Crippen LogP contribution in [0.25, 0.3) is 22.5 Å². The van der Waals surface area contributed by atoms with Crippen molar-refractivity contribution < 1.29 is 13.6 Å². The molecule has 0 saturated carbocycles. The third-order valence-electron chi connectivity index (χ3n) is 4.55. The van der Waals surface area contributed by atoms with Crippen molar-refractivity contribution in [3.63, 3.8) is 0 Å². The highest BCUT2D eigenvalue weighted by Crippen LogP contribution is 2.30. The monoisotopic (exact) mass is 402 g/mol. The van der Waals surface area contributed by atoms with Gasteiger partial charge in [0.05, 0.1) is 24.4 Å².